The zero-order valence-electron chi connectivity index (χ0n) is 9.58. The van der Waals surface area contributed by atoms with E-state index in [1.165, 1.54) is 23.9 Å². The first-order valence-electron chi connectivity index (χ1n) is 5.24. The Morgan fingerprint density at radius 3 is 2.53 bits per heavy atom. The van der Waals surface area contributed by atoms with Gasteiger partial charge in [-0.3, -0.25) is 5.41 Å². The Hall–Kier alpha value is -1.23. The van der Waals surface area contributed by atoms with Crippen LogP contribution in [-0.2, 0) is 0 Å². The standard InChI is InChI=1S/C13H9Cl2FN2S/c14-7-1-3-10(15)12(5-7)19-11-4-2-8(16)6-9(11)13(17)18/h1-6H,(H3,17,18). The molecular formula is C13H9Cl2FN2S. The molecule has 0 atom stereocenters. The molecule has 0 radical (unpaired) electrons. The highest BCUT2D eigenvalue weighted by molar-refractivity contribution is 7.99. The van der Waals surface area contributed by atoms with Gasteiger partial charge in [-0.25, -0.2) is 4.39 Å². The van der Waals surface area contributed by atoms with E-state index in [1.54, 1.807) is 24.3 Å². The zero-order valence-corrected chi connectivity index (χ0v) is 11.9. The van der Waals surface area contributed by atoms with Crippen LogP contribution >= 0.6 is 35.0 Å². The third-order valence-corrected chi connectivity index (χ3v) is 4.16. The van der Waals surface area contributed by atoms with Gasteiger partial charge in [-0.2, -0.15) is 0 Å². The van der Waals surface area contributed by atoms with Gasteiger partial charge in [0.05, 0.1) is 5.02 Å². The molecule has 0 aliphatic carbocycles. The van der Waals surface area contributed by atoms with Gasteiger partial charge in [-0.15, -0.1) is 0 Å². The van der Waals surface area contributed by atoms with E-state index in [9.17, 15) is 4.39 Å². The zero-order chi connectivity index (χ0) is 14.0. The summed E-state index contributed by atoms with van der Waals surface area (Å²) < 4.78 is 13.2. The van der Waals surface area contributed by atoms with E-state index in [-0.39, 0.29) is 5.84 Å². The van der Waals surface area contributed by atoms with E-state index in [0.29, 0.717) is 20.5 Å². The maximum absolute atomic E-state index is 13.2. The molecular weight excluding hydrogens is 306 g/mol. The minimum absolute atomic E-state index is 0.194. The molecule has 0 bridgehead atoms. The molecule has 2 aromatic carbocycles. The highest BCUT2D eigenvalue weighted by Crippen LogP contribution is 2.36. The molecule has 6 heteroatoms. The van der Waals surface area contributed by atoms with Gasteiger partial charge in [0.1, 0.15) is 11.7 Å². The second kappa shape index (κ2) is 5.82. The number of nitrogens with two attached hydrogens (primary N) is 1. The maximum Gasteiger partial charge on any atom is 0.124 e. The van der Waals surface area contributed by atoms with Crippen LogP contribution in [0.2, 0.25) is 10.0 Å². The molecule has 0 fully saturated rings. The van der Waals surface area contributed by atoms with Crippen LogP contribution in [0.5, 0.6) is 0 Å². The number of nitrogens with one attached hydrogen (secondary N) is 1. The number of amidine groups is 1. The molecule has 0 aliphatic rings. The number of halogens is 3. The van der Waals surface area contributed by atoms with Gasteiger partial charge in [-0.1, -0.05) is 35.0 Å². The second-order valence-corrected chi connectivity index (χ2v) is 5.66. The van der Waals surface area contributed by atoms with Crippen molar-refractivity contribution in [2.24, 2.45) is 5.73 Å². The van der Waals surface area contributed by atoms with Crippen LogP contribution in [0.3, 0.4) is 0 Å². The van der Waals surface area contributed by atoms with Crippen molar-refractivity contribution in [3.63, 3.8) is 0 Å². The molecule has 0 aromatic heterocycles. The summed E-state index contributed by atoms with van der Waals surface area (Å²) in [5, 5.41) is 8.56. The smallest absolute Gasteiger partial charge is 0.124 e. The SMILES string of the molecule is N=C(N)c1cc(F)ccc1Sc1cc(Cl)ccc1Cl. The Morgan fingerprint density at radius 2 is 1.84 bits per heavy atom. The molecule has 0 saturated heterocycles. The lowest BCUT2D eigenvalue weighted by Gasteiger charge is -2.09. The van der Waals surface area contributed by atoms with Crippen molar-refractivity contribution in [2.75, 3.05) is 0 Å². The molecule has 3 N–H and O–H groups in total. The van der Waals surface area contributed by atoms with Crippen molar-refractivity contribution in [1.29, 1.82) is 5.41 Å². The molecule has 0 spiro atoms. The molecule has 2 aromatic rings. The summed E-state index contributed by atoms with van der Waals surface area (Å²) in [5.41, 5.74) is 5.78. The molecule has 0 heterocycles. The predicted molar refractivity (Wildman–Crippen MR) is 78.0 cm³/mol. The first kappa shape index (κ1) is 14.2. The third kappa shape index (κ3) is 3.41. The van der Waals surface area contributed by atoms with Crippen LogP contribution in [0.4, 0.5) is 4.39 Å². The number of nitrogen functional groups attached to an aromatic ring is 1. The largest absolute Gasteiger partial charge is 0.384 e. The van der Waals surface area contributed by atoms with E-state index >= 15 is 0 Å². The molecule has 0 saturated carbocycles. The lowest BCUT2D eigenvalue weighted by atomic mass is 10.2. The highest BCUT2D eigenvalue weighted by Gasteiger charge is 2.11. The van der Waals surface area contributed by atoms with Gasteiger partial charge in [0.15, 0.2) is 0 Å². The van der Waals surface area contributed by atoms with Crippen molar-refractivity contribution < 1.29 is 4.39 Å². The molecule has 2 rings (SSSR count). The predicted octanol–water partition coefficient (Wildman–Crippen LogP) is 4.57. The summed E-state index contributed by atoms with van der Waals surface area (Å²) in [7, 11) is 0. The Labute approximate surface area is 124 Å². The monoisotopic (exact) mass is 314 g/mol. The van der Waals surface area contributed by atoms with Crippen LogP contribution in [0.25, 0.3) is 0 Å². The summed E-state index contributed by atoms with van der Waals surface area (Å²) in [6.07, 6.45) is 0. The second-order valence-electron chi connectivity index (χ2n) is 3.73. The number of hydrogen-bond donors (Lipinski definition) is 2. The number of hydrogen-bond acceptors (Lipinski definition) is 2. The lowest BCUT2D eigenvalue weighted by Crippen LogP contribution is -2.12. The van der Waals surface area contributed by atoms with Gasteiger partial charge in [-0.05, 0) is 36.4 Å². The van der Waals surface area contributed by atoms with Gasteiger partial charge in [0.2, 0.25) is 0 Å². The van der Waals surface area contributed by atoms with Crippen LogP contribution in [0.15, 0.2) is 46.2 Å². The Kier molecular flexibility index (Phi) is 4.34. The third-order valence-electron chi connectivity index (χ3n) is 2.34. The minimum Gasteiger partial charge on any atom is -0.384 e. The van der Waals surface area contributed by atoms with Crippen molar-refractivity contribution in [2.45, 2.75) is 9.79 Å². The van der Waals surface area contributed by atoms with Crippen LogP contribution in [-0.4, -0.2) is 5.84 Å². The Balaban J connectivity index is 2.43. The molecule has 19 heavy (non-hydrogen) atoms. The van der Waals surface area contributed by atoms with Crippen LogP contribution < -0.4 is 5.73 Å². The first-order valence-corrected chi connectivity index (χ1v) is 6.81. The number of benzene rings is 2. The normalized spacial score (nSPS) is 10.5. The van der Waals surface area contributed by atoms with Gasteiger partial charge >= 0.3 is 0 Å². The van der Waals surface area contributed by atoms with Gasteiger partial charge in [0, 0.05) is 20.4 Å². The van der Waals surface area contributed by atoms with Crippen LogP contribution in [0.1, 0.15) is 5.56 Å². The van der Waals surface area contributed by atoms with E-state index in [2.05, 4.69) is 0 Å². The van der Waals surface area contributed by atoms with E-state index < -0.39 is 5.82 Å². The fraction of sp³-hybridized carbons (Fsp3) is 0. The maximum atomic E-state index is 13.2. The van der Waals surface area contributed by atoms with Crippen molar-refractivity contribution in [1.82, 2.24) is 0 Å². The molecule has 0 unspecified atom stereocenters. The summed E-state index contributed by atoms with van der Waals surface area (Å²) in [6.45, 7) is 0. The Bertz CT molecular complexity index is 647. The fourth-order valence-corrected chi connectivity index (χ4v) is 2.95. The Morgan fingerprint density at radius 1 is 1.11 bits per heavy atom. The summed E-state index contributed by atoms with van der Waals surface area (Å²) >= 11 is 13.3. The fourth-order valence-electron chi connectivity index (χ4n) is 1.48. The first-order chi connectivity index (χ1) is 8.97. The number of rotatable bonds is 3. The van der Waals surface area contributed by atoms with Crippen molar-refractivity contribution >= 4 is 40.8 Å². The van der Waals surface area contributed by atoms with Crippen molar-refractivity contribution in [3.8, 4) is 0 Å². The van der Waals surface area contributed by atoms with E-state index in [1.807, 2.05) is 0 Å². The van der Waals surface area contributed by atoms with E-state index in [0.717, 1.165) is 4.90 Å². The van der Waals surface area contributed by atoms with Gasteiger partial charge < -0.3 is 5.73 Å². The summed E-state index contributed by atoms with van der Waals surface area (Å²) in [4.78, 5) is 1.38. The highest BCUT2D eigenvalue weighted by atomic mass is 35.5. The molecule has 0 aliphatic heterocycles. The lowest BCUT2D eigenvalue weighted by molar-refractivity contribution is 0.626. The quantitative estimate of drug-likeness (QED) is 0.644. The average molecular weight is 315 g/mol. The molecule has 0 amide bonds. The summed E-state index contributed by atoms with van der Waals surface area (Å²) in [6, 6.07) is 9.18. The minimum atomic E-state index is -0.438. The molecule has 2 nitrogen and oxygen atoms in total. The molecule has 98 valence electrons. The average Bonchev–Trinajstić information content (AvgIpc) is 2.35. The van der Waals surface area contributed by atoms with E-state index in [4.69, 9.17) is 34.3 Å². The van der Waals surface area contributed by atoms with Gasteiger partial charge in [0.25, 0.3) is 0 Å². The van der Waals surface area contributed by atoms with Crippen LogP contribution in [0, 0.1) is 11.2 Å². The topological polar surface area (TPSA) is 49.9 Å². The van der Waals surface area contributed by atoms with Crippen molar-refractivity contribution in [3.05, 3.63) is 57.8 Å². The summed E-state index contributed by atoms with van der Waals surface area (Å²) in [5.74, 6) is -0.633.